The summed E-state index contributed by atoms with van der Waals surface area (Å²) in [7, 11) is 0. The van der Waals surface area contributed by atoms with Gasteiger partial charge in [0.15, 0.2) is 0 Å². The molecule has 7 heteroatoms. The number of benzene rings is 1. The highest BCUT2D eigenvalue weighted by molar-refractivity contribution is 9.10. The number of thiophene rings is 1. The van der Waals surface area contributed by atoms with Gasteiger partial charge >= 0.3 is 0 Å². The van der Waals surface area contributed by atoms with Gasteiger partial charge in [0.1, 0.15) is 0 Å². The maximum Gasteiger partial charge on any atom is 0.227 e. The van der Waals surface area contributed by atoms with Crippen molar-refractivity contribution in [2.75, 3.05) is 5.32 Å². The summed E-state index contributed by atoms with van der Waals surface area (Å²) in [5.74, 6) is 0.945. The van der Waals surface area contributed by atoms with Crippen LogP contribution in [0.3, 0.4) is 0 Å². The standard InChI is InChI=1S/C16H14BrN3O2S/c1-10-8-12(2-3-13(10)17)18-14(21)4-5-15-19-16(20-22-15)11-6-7-23-9-11/h2-3,6-9H,4-5H2,1H3,(H,18,21). The SMILES string of the molecule is Cc1cc(NC(=O)CCc2nc(-c3ccsc3)no2)ccc1Br. The largest absolute Gasteiger partial charge is 0.339 e. The first-order valence-electron chi connectivity index (χ1n) is 7.03. The average Bonchev–Trinajstić information content (AvgIpc) is 3.19. The zero-order chi connectivity index (χ0) is 16.2. The van der Waals surface area contributed by atoms with Gasteiger partial charge in [0, 0.05) is 33.9 Å². The predicted octanol–water partition coefficient (Wildman–Crippen LogP) is 4.44. The van der Waals surface area contributed by atoms with Crippen LogP contribution >= 0.6 is 27.3 Å². The number of amides is 1. The van der Waals surface area contributed by atoms with Crippen molar-refractivity contribution >= 4 is 38.9 Å². The molecule has 0 saturated carbocycles. The average molecular weight is 392 g/mol. The lowest BCUT2D eigenvalue weighted by Gasteiger charge is -2.06. The van der Waals surface area contributed by atoms with Crippen LogP contribution in [0.25, 0.3) is 11.4 Å². The molecule has 0 atom stereocenters. The molecule has 3 aromatic rings. The van der Waals surface area contributed by atoms with Crippen LogP contribution in [0.1, 0.15) is 17.9 Å². The number of hydrogen-bond donors (Lipinski definition) is 1. The van der Waals surface area contributed by atoms with Crippen molar-refractivity contribution in [1.82, 2.24) is 10.1 Å². The molecule has 0 saturated heterocycles. The van der Waals surface area contributed by atoms with Crippen LogP contribution in [0.2, 0.25) is 0 Å². The number of hydrogen-bond acceptors (Lipinski definition) is 5. The van der Waals surface area contributed by atoms with Gasteiger partial charge in [-0.05, 0) is 42.1 Å². The summed E-state index contributed by atoms with van der Waals surface area (Å²) in [4.78, 5) is 16.3. The van der Waals surface area contributed by atoms with Crippen LogP contribution in [-0.2, 0) is 11.2 Å². The maximum atomic E-state index is 12.0. The van der Waals surface area contributed by atoms with E-state index in [0.717, 1.165) is 21.3 Å². The molecule has 0 radical (unpaired) electrons. The quantitative estimate of drug-likeness (QED) is 0.697. The first kappa shape index (κ1) is 15.9. The number of carbonyl (C=O) groups excluding carboxylic acids is 1. The molecule has 0 aliphatic heterocycles. The fourth-order valence-electron chi connectivity index (χ4n) is 2.03. The monoisotopic (exact) mass is 391 g/mol. The summed E-state index contributed by atoms with van der Waals surface area (Å²) in [5.41, 5.74) is 2.78. The molecule has 3 rings (SSSR count). The molecule has 23 heavy (non-hydrogen) atoms. The second kappa shape index (κ2) is 7.06. The fourth-order valence-corrected chi connectivity index (χ4v) is 2.91. The van der Waals surface area contributed by atoms with Crippen molar-refractivity contribution in [2.45, 2.75) is 19.8 Å². The summed E-state index contributed by atoms with van der Waals surface area (Å²) in [6, 6.07) is 7.62. The minimum absolute atomic E-state index is 0.0815. The first-order valence-corrected chi connectivity index (χ1v) is 8.76. The number of carbonyl (C=O) groups is 1. The number of anilines is 1. The van der Waals surface area contributed by atoms with E-state index in [4.69, 9.17) is 4.52 Å². The van der Waals surface area contributed by atoms with Gasteiger partial charge in [0.25, 0.3) is 0 Å². The Morgan fingerprint density at radius 1 is 1.39 bits per heavy atom. The molecular weight excluding hydrogens is 378 g/mol. The minimum Gasteiger partial charge on any atom is -0.339 e. The molecule has 5 nitrogen and oxygen atoms in total. The molecule has 118 valence electrons. The molecule has 0 unspecified atom stereocenters. The molecular formula is C16H14BrN3O2S. The molecule has 1 aromatic carbocycles. The van der Waals surface area contributed by atoms with Gasteiger partial charge in [-0.15, -0.1) is 0 Å². The lowest BCUT2D eigenvalue weighted by atomic mass is 10.2. The summed E-state index contributed by atoms with van der Waals surface area (Å²) >= 11 is 5.01. The van der Waals surface area contributed by atoms with Crippen molar-refractivity contribution in [3.8, 4) is 11.4 Å². The second-order valence-electron chi connectivity index (χ2n) is 5.04. The van der Waals surface area contributed by atoms with Gasteiger partial charge in [-0.25, -0.2) is 0 Å². The van der Waals surface area contributed by atoms with E-state index in [-0.39, 0.29) is 5.91 Å². The highest BCUT2D eigenvalue weighted by atomic mass is 79.9. The smallest absolute Gasteiger partial charge is 0.227 e. The van der Waals surface area contributed by atoms with E-state index in [9.17, 15) is 4.79 Å². The molecule has 0 aliphatic carbocycles. The Kier molecular flexibility index (Phi) is 4.88. The number of aromatic nitrogens is 2. The van der Waals surface area contributed by atoms with E-state index in [2.05, 4.69) is 31.4 Å². The summed E-state index contributed by atoms with van der Waals surface area (Å²) in [6.07, 6.45) is 0.707. The first-order chi connectivity index (χ1) is 11.1. The van der Waals surface area contributed by atoms with Crippen LogP contribution in [0, 0.1) is 6.92 Å². The molecule has 0 fully saturated rings. The maximum absolute atomic E-state index is 12.0. The molecule has 2 heterocycles. The Morgan fingerprint density at radius 3 is 3.00 bits per heavy atom. The van der Waals surface area contributed by atoms with Crippen LogP contribution in [-0.4, -0.2) is 16.0 Å². The van der Waals surface area contributed by atoms with E-state index in [1.54, 1.807) is 11.3 Å². The van der Waals surface area contributed by atoms with Crippen molar-refractivity contribution < 1.29 is 9.32 Å². The van der Waals surface area contributed by atoms with Gasteiger partial charge in [0.2, 0.25) is 17.6 Å². The zero-order valence-corrected chi connectivity index (χ0v) is 14.8. The summed E-state index contributed by atoms with van der Waals surface area (Å²) < 4.78 is 6.20. The number of nitrogens with zero attached hydrogens (tertiary/aromatic N) is 2. The number of halogens is 1. The van der Waals surface area contributed by atoms with E-state index in [1.807, 2.05) is 41.9 Å². The molecule has 0 aliphatic rings. The van der Waals surface area contributed by atoms with Crippen molar-refractivity contribution in [3.63, 3.8) is 0 Å². The summed E-state index contributed by atoms with van der Waals surface area (Å²) in [6.45, 7) is 1.98. The molecule has 0 spiro atoms. The number of nitrogens with one attached hydrogen (secondary N) is 1. The lowest BCUT2D eigenvalue weighted by molar-refractivity contribution is -0.116. The summed E-state index contributed by atoms with van der Waals surface area (Å²) in [5, 5.41) is 10.7. The zero-order valence-electron chi connectivity index (χ0n) is 12.4. The van der Waals surface area contributed by atoms with E-state index in [1.165, 1.54) is 0 Å². The Bertz CT molecular complexity index is 815. The van der Waals surface area contributed by atoms with Gasteiger partial charge < -0.3 is 9.84 Å². The van der Waals surface area contributed by atoms with Crippen molar-refractivity contribution in [2.24, 2.45) is 0 Å². The lowest BCUT2D eigenvalue weighted by Crippen LogP contribution is -2.12. The van der Waals surface area contributed by atoms with Gasteiger partial charge in [0.05, 0.1) is 0 Å². The Labute approximate surface area is 145 Å². The third-order valence-corrected chi connectivity index (χ3v) is 4.83. The van der Waals surface area contributed by atoms with E-state index < -0.39 is 0 Å². The minimum atomic E-state index is -0.0815. The van der Waals surface area contributed by atoms with Gasteiger partial charge in [-0.1, -0.05) is 21.1 Å². The molecule has 1 N–H and O–H groups in total. The highest BCUT2D eigenvalue weighted by Gasteiger charge is 2.11. The molecule has 0 bridgehead atoms. The Morgan fingerprint density at radius 2 is 2.26 bits per heavy atom. The molecule has 1 amide bonds. The Balaban J connectivity index is 1.55. The third-order valence-electron chi connectivity index (χ3n) is 3.26. The van der Waals surface area contributed by atoms with Gasteiger partial charge in [-0.2, -0.15) is 16.3 Å². The van der Waals surface area contributed by atoms with Gasteiger partial charge in [-0.3, -0.25) is 4.79 Å². The number of rotatable bonds is 5. The van der Waals surface area contributed by atoms with Crippen LogP contribution in [0.4, 0.5) is 5.69 Å². The van der Waals surface area contributed by atoms with Crippen LogP contribution in [0.15, 0.2) is 44.0 Å². The van der Waals surface area contributed by atoms with Crippen LogP contribution < -0.4 is 5.32 Å². The van der Waals surface area contributed by atoms with E-state index in [0.29, 0.717) is 24.6 Å². The van der Waals surface area contributed by atoms with Crippen molar-refractivity contribution in [3.05, 3.63) is 51.0 Å². The predicted molar refractivity (Wildman–Crippen MR) is 93.4 cm³/mol. The topological polar surface area (TPSA) is 68.0 Å². The highest BCUT2D eigenvalue weighted by Crippen LogP contribution is 2.21. The van der Waals surface area contributed by atoms with Crippen LogP contribution in [0.5, 0.6) is 0 Å². The van der Waals surface area contributed by atoms with E-state index >= 15 is 0 Å². The van der Waals surface area contributed by atoms with Crippen molar-refractivity contribution in [1.29, 1.82) is 0 Å². The Hall–Kier alpha value is -1.99. The third kappa shape index (κ3) is 4.05. The normalized spacial score (nSPS) is 10.7. The number of aryl methyl sites for hydroxylation is 2. The second-order valence-corrected chi connectivity index (χ2v) is 6.67. The molecule has 2 aromatic heterocycles. The fraction of sp³-hybridized carbons (Fsp3) is 0.188.